The third-order valence-electron chi connectivity index (χ3n) is 2.46. The monoisotopic (exact) mass is 272 g/mol. The van der Waals surface area contributed by atoms with Crippen LogP contribution in [0.5, 0.6) is 0 Å². The molecular formula is C13H3F3N4. The van der Waals surface area contributed by atoms with E-state index in [0.717, 1.165) is 6.92 Å². The van der Waals surface area contributed by atoms with E-state index in [4.69, 9.17) is 23.7 Å². The van der Waals surface area contributed by atoms with E-state index in [1.807, 2.05) is 0 Å². The van der Waals surface area contributed by atoms with E-state index in [-0.39, 0.29) is 0 Å². The van der Waals surface area contributed by atoms with Gasteiger partial charge in [-0.1, -0.05) is 0 Å². The van der Waals surface area contributed by atoms with Crippen LogP contribution in [0.2, 0.25) is 0 Å². The molecule has 96 valence electrons. The van der Waals surface area contributed by atoms with E-state index in [0.29, 0.717) is 0 Å². The van der Waals surface area contributed by atoms with Crippen molar-refractivity contribution in [3.05, 3.63) is 56.3 Å². The molecule has 0 amide bonds. The summed E-state index contributed by atoms with van der Waals surface area (Å²) < 4.78 is 41.7. The first-order valence-corrected chi connectivity index (χ1v) is 4.91. The van der Waals surface area contributed by atoms with Gasteiger partial charge in [0.2, 0.25) is 0 Å². The maximum atomic E-state index is 14.0. The Hall–Kier alpha value is -3.29. The molecule has 4 nitrogen and oxygen atoms in total. The summed E-state index contributed by atoms with van der Waals surface area (Å²) in [5.41, 5.74) is -2.27. The van der Waals surface area contributed by atoms with Crippen LogP contribution in [0.25, 0.3) is 21.1 Å². The van der Waals surface area contributed by atoms with Crippen LogP contribution in [0.1, 0.15) is 5.56 Å². The molecule has 0 aliphatic heterocycles. The second kappa shape index (κ2) is 5.57. The molecule has 1 aromatic carbocycles. The number of hydrogen-bond donors (Lipinski definition) is 0. The maximum Gasteiger partial charge on any atom is 0.274 e. The zero-order valence-corrected chi connectivity index (χ0v) is 9.92. The van der Waals surface area contributed by atoms with Gasteiger partial charge < -0.3 is 0 Å². The first kappa shape index (κ1) is 14.8. The second-order valence-electron chi connectivity index (χ2n) is 3.46. The Bertz CT molecular complexity index is 744. The second-order valence-corrected chi connectivity index (χ2v) is 3.46. The molecule has 0 heterocycles. The fourth-order valence-corrected chi connectivity index (χ4v) is 1.54. The summed E-state index contributed by atoms with van der Waals surface area (Å²) in [5.74, 6) is -4.75. The minimum Gasteiger partial charge on any atom is -0.226 e. The Balaban J connectivity index is 4.35. The fourth-order valence-electron chi connectivity index (χ4n) is 1.54. The van der Waals surface area contributed by atoms with Gasteiger partial charge in [-0.25, -0.2) is 33.4 Å². The van der Waals surface area contributed by atoms with E-state index in [1.54, 1.807) is 0 Å². The quantitative estimate of drug-likeness (QED) is 0.531. The predicted molar refractivity (Wildman–Crippen MR) is 61.5 cm³/mol. The molecule has 0 unspecified atom stereocenters. The van der Waals surface area contributed by atoms with Crippen molar-refractivity contribution in [2.24, 2.45) is 0 Å². The number of hydrogen-bond acceptors (Lipinski definition) is 2. The molecule has 0 bridgehead atoms. The Morgan fingerprint density at radius 3 is 1.70 bits per heavy atom. The van der Waals surface area contributed by atoms with Crippen molar-refractivity contribution in [3.8, 4) is 12.1 Å². The number of rotatable bonds is 0. The smallest absolute Gasteiger partial charge is 0.226 e. The Morgan fingerprint density at radius 2 is 1.30 bits per heavy atom. The van der Waals surface area contributed by atoms with Gasteiger partial charge in [-0.05, 0) is 12.5 Å². The van der Waals surface area contributed by atoms with Gasteiger partial charge in [0.05, 0.1) is 30.5 Å². The third kappa shape index (κ3) is 2.05. The van der Waals surface area contributed by atoms with Crippen molar-refractivity contribution in [1.82, 2.24) is 0 Å². The highest BCUT2D eigenvalue weighted by atomic mass is 19.2. The fraction of sp³-hybridized carbons (Fsp3) is 0.0769. The van der Waals surface area contributed by atoms with Crippen molar-refractivity contribution in [3.63, 3.8) is 0 Å². The summed E-state index contributed by atoms with van der Waals surface area (Å²) in [5, 5.41) is 15.4. The van der Waals surface area contributed by atoms with Crippen LogP contribution in [-0.4, -0.2) is 0 Å². The molecule has 0 fully saturated rings. The number of nitriles is 2. The van der Waals surface area contributed by atoms with Crippen molar-refractivity contribution in [1.29, 1.82) is 10.5 Å². The normalized spacial score (nSPS) is 12.4. The largest absolute Gasteiger partial charge is 0.274 e. The predicted octanol–water partition coefficient (Wildman–Crippen LogP) is 1.51. The van der Waals surface area contributed by atoms with Gasteiger partial charge in [0, 0.05) is 5.22 Å². The van der Waals surface area contributed by atoms with E-state index in [2.05, 4.69) is 9.69 Å². The number of nitrogens with zero attached hydrogens (tertiary/aromatic N) is 4. The first-order chi connectivity index (χ1) is 9.44. The molecular weight excluding hydrogens is 269 g/mol. The molecule has 7 heteroatoms. The van der Waals surface area contributed by atoms with Gasteiger partial charge >= 0.3 is 0 Å². The number of halogens is 3. The lowest BCUT2D eigenvalue weighted by Crippen LogP contribution is -2.29. The minimum absolute atomic E-state index is 0.511. The van der Waals surface area contributed by atoms with Crippen LogP contribution < -0.4 is 10.4 Å². The standard InChI is InChI=1S/C13H3F3N4/c1-6-9(7(4-17)19-2)12(15)13(16)10(11(6)14)8(5-18)20-3/h1H3/b9-7-,10-8-. The van der Waals surface area contributed by atoms with Gasteiger partial charge in [-0.2, -0.15) is 0 Å². The minimum atomic E-state index is -1.77. The lowest BCUT2D eigenvalue weighted by Gasteiger charge is -2.04. The van der Waals surface area contributed by atoms with E-state index in [9.17, 15) is 13.2 Å². The molecule has 0 aromatic heterocycles. The average Bonchev–Trinajstić information content (AvgIpc) is 2.46. The summed E-state index contributed by atoms with van der Waals surface area (Å²) in [6.07, 6.45) is 0. The Labute approximate surface area is 111 Å². The molecule has 0 saturated heterocycles. The molecule has 0 aliphatic carbocycles. The SMILES string of the molecule is [C-]#[N+]/C(C#N)=c1/c(C)c(F)/c(=C(\C#N)[N+]#[C-])c(F)c1F. The lowest BCUT2D eigenvalue weighted by atomic mass is 10.1. The Morgan fingerprint density at radius 1 is 0.900 bits per heavy atom. The summed E-state index contributed by atoms with van der Waals surface area (Å²) in [6, 6.07) is 2.60. The van der Waals surface area contributed by atoms with Crippen LogP contribution in [0.4, 0.5) is 13.2 Å². The van der Waals surface area contributed by atoms with E-state index in [1.165, 1.54) is 12.1 Å². The highest BCUT2D eigenvalue weighted by Crippen LogP contribution is 2.08. The van der Waals surface area contributed by atoms with Gasteiger partial charge in [0.15, 0.2) is 11.6 Å². The average molecular weight is 272 g/mol. The van der Waals surface area contributed by atoms with Crippen LogP contribution in [0.3, 0.4) is 0 Å². The van der Waals surface area contributed by atoms with Crippen LogP contribution in [0, 0.1) is 60.2 Å². The van der Waals surface area contributed by atoms with Gasteiger partial charge in [0.1, 0.15) is 5.82 Å². The third-order valence-corrected chi connectivity index (χ3v) is 2.46. The summed E-state index contributed by atoms with van der Waals surface area (Å²) in [6.45, 7) is 14.4. The van der Waals surface area contributed by atoms with E-state index >= 15 is 0 Å². The van der Waals surface area contributed by atoms with Crippen molar-refractivity contribution in [2.75, 3.05) is 0 Å². The zero-order valence-electron chi connectivity index (χ0n) is 9.92. The van der Waals surface area contributed by atoms with Gasteiger partial charge in [0.25, 0.3) is 11.4 Å². The summed E-state index contributed by atoms with van der Waals surface area (Å²) in [7, 11) is 0. The Kier molecular flexibility index (Phi) is 4.11. The topological polar surface area (TPSA) is 56.3 Å². The molecule has 0 spiro atoms. The highest BCUT2D eigenvalue weighted by molar-refractivity contribution is 5.69. The van der Waals surface area contributed by atoms with Crippen molar-refractivity contribution < 1.29 is 13.2 Å². The van der Waals surface area contributed by atoms with Crippen molar-refractivity contribution in [2.45, 2.75) is 6.92 Å². The molecule has 1 rings (SSSR count). The van der Waals surface area contributed by atoms with Gasteiger partial charge in [-0.3, -0.25) is 0 Å². The zero-order chi connectivity index (χ0) is 15.4. The molecule has 0 N–H and O–H groups in total. The van der Waals surface area contributed by atoms with Crippen molar-refractivity contribution >= 4 is 11.4 Å². The van der Waals surface area contributed by atoms with Crippen LogP contribution in [0.15, 0.2) is 0 Å². The lowest BCUT2D eigenvalue weighted by molar-refractivity contribution is 0.476. The molecule has 1 aromatic rings. The molecule has 0 aliphatic rings. The van der Waals surface area contributed by atoms with Crippen LogP contribution >= 0.6 is 0 Å². The maximum absolute atomic E-state index is 14.0. The first-order valence-electron chi connectivity index (χ1n) is 4.91. The van der Waals surface area contributed by atoms with Crippen LogP contribution in [-0.2, 0) is 0 Å². The molecule has 0 atom stereocenters. The molecule has 0 radical (unpaired) electrons. The molecule has 0 saturated carbocycles. The van der Waals surface area contributed by atoms with Gasteiger partial charge in [-0.15, -0.1) is 0 Å². The number of benzene rings is 1. The molecule has 20 heavy (non-hydrogen) atoms. The summed E-state index contributed by atoms with van der Waals surface area (Å²) >= 11 is 0. The summed E-state index contributed by atoms with van der Waals surface area (Å²) in [4.78, 5) is 5.32. The van der Waals surface area contributed by atoms with E-state index < -0.39 is 44.8 Å². The highest BCUT2D eigenvalue weighted by Gasteiger charge is 2.19.